The highest BCUT2D eigenvalue weighted by Gasteiger charge is 2.16. The van der Waals surface area contributed by atoms with E-state index in [1.165, 1.54) is 5.56 Å². The van der Waals surface area contributed by atoms with Crippen molar-refractivity contribution in [1.82, 2.24) is 0 Å². The van der Waals surface area contributed by atoms with Crippen molar-refractivity contribution in [3.8, 4) is 6.07 Å². The van der Waals surface area contributed by atoms with E-state index >= 15 is 0 Å². The summed E-state index contributed by atoms with van der Waals surface area (Å²) in [6, 6.07) is 17.3. The number of nitriles is 1. The quantitative estimate of drug-likeness (QED) is 0.745. The van der Waals surface area contributed by atoms with Gasteiger partial charge in [0.15, 0.2) is 0 Å². The van der Waals surface area contributed by atoms with Crippen LogP contribution in [0.5, 0.6) is 0 Å². The van der Waals surface area contributed by atoms with Crippen molar-refractivity contribution in [1.29, 1.82) is 5.26 Å². The molecule has 0 fully saturated rings. The van der Waals surface area contributed by atoms with Crippen molar-refractivity contribution in [2.75, 3.05) is 0 Å². The number of ether oxygens (including phenoxy) is 1. The van der Waals surface area contributed by atoms with Crippen LogP contribution >= 0.6 is 0 Å². The maximum Gasteiger partial charge on any atom is 0.313 e. The molecule has 0 aliphatic carbocycles. The van der Waals surface area contributed by atoms with E-state index in [0.717, 1.165) is 24.0 Å². The van der Waals surface area contributed by atoms with Crippen LogP contribution in [0.4, 0.5) is 0 Å². The molecular weight excluding hydrogens is 286 g/mol. The Morgan fingerprint density at radius 2 is 1.91 bits per heavy atom. The molecule has 3 heteroatoms. The van der Waals surface area contributed by atoms with Crippen molar-refractivity contribution < 1.29 is 9.53 Å². The molecule has 1 unspecified atom stereocenters. The van der Waals surface area contributed by atoms with E-state index in [2.05, 4.69) is 25.1 Å². The van der Waals surface area contributed by atoms with Crippen LogP contribution in [0.3, 0.4) is 0 Å². The SMILES string of the molecule is CCCc1ccc(C(C)C(=O)OCc2cccc(C#N)c2)cc1. The summed E-state index contributed by atoms with van der Waals surface area (Å²) >= 11 is 0. The van der Waals surface area contributed by atoms with Crippen LogP contribution in [0.25, 0.3) is 0 Å². The summed E-state index contributed by atoms with van der Waals surface area (Å²) in [7, 11) is 0. The number of esters is 1. The maximum absolute atomic E-state index is 12.2. The van der Waals surface area contributed by atoms with Crippen molar-refractivity contribution >= 4 is 5.97 Å². The molecule has 0 heterocycles. The van der Waals surface area contributed by atoms with Gasteiger partial charge in [0.25, 0.3) is 0 Å². The Morgan fingerprint density at radius 3 is 2.57 bits per heavy atom. The average Bonchev–Trinajstić information content (AvgIpc) is 2.60. The molecule has 0 saturated carbocycles. The lowest BCUT2D eigenvalue weighted by Crippen LogP contribution is -2.13. The summed E-state index contributed by atoms with van der Waals surface area (Å²) in [4.78, 5) is 12.2. The Labute approximate surface area is 137 Å². The lowest BCUT2D eigenvalue weighted by molar-refractivity contribution is -0.146. The maximum atomic E-state index is 12.2. The molecule has 0 saturated heterocycles. The third kappa shape index (κ3) is 4.69. The third-order valence-corrected chi connectivity index (χ3v) is 3.81. The highest BCUT2D eigenvalue weighted by Crippen LogP contribution is 2.19. The minimum atomic E-state index is -0.301. The van der Waals surface area contributed by atoms with E-state index in [-0.39, 0.29) is 18.5 Å². The molecule has 2 aromatic rings. The van der Waals surface area contributed by atoms with Gasteiger partial charge in [-0.1, -0.05) is 49.7 Å². The molecule has 118 valence electrons. The number of rotatable bonds is 6. The number of carbonyl (C=O) groups is 1. The molecule has 0 aliphatic rings. The molecule has 0 amide bonds. The van der Waals surface area contributed by atoms with Gasteiger partial charge in [-0.3, -0.25) is 4.79 Å². The van der Waals surface area contributed by atoms with Crippen LogP contribution in [0, 0.1) is 11.3 Å². The number of hydrogen-bond acceptors (Lipinski definition) is 3. The summed E-state index contributed by atoms with van der Waals surface area (Å²) in [6.45, 7) is 4.19. The van der Waals surface area contributed by atoms with Crippen LogP contribution in [0.1, 0.15) is 48.4 Å². The van der Waals surface area contributed by atoms with Crippen molar-refractivity contribution in [3.05, 3.63) is 70.8 Å². The normalized spacial score (nSPS) is 11.5. The molecule has 0 aliphatic heterocycles. The first-order valence-corrected chi connectivity index (χ1v) is 7.88. The van der Waals surface area contributed by atoms with E-state index in [0.29, 0.717) is 5.56 Å². The Bertz CT molecular complexity index is 698. The molecule has 0 N–H and O–H groups in total. The number of nitrogens with zero attached hydrogens (tertiary/aromatic N) is 1. The van der Waals surface area contributed by atoms with Crippen molar-refractivity contribution in [3.63, 3.8) is 0 Å². The molecule has 3 nitrogen and oxygen atoms in total. The average molecular weight is 307 g/mol. The molecule has 1 atom stereocenters. The Balaban J connectivity index is 1.95. The summed E-state index contributed by atoms with van der Waals surface area (Å²) in [6.07, 6.45) is 2.16. The Hall–Kier alpha value is -2.60. The lowest BCUT2D eigenvalue weighted by atomic mass is 9.99. The second-order valence-electron chi connectivity index (χ2n) is 5.63. The molecule has 23 heavy (non-hydrogen) atoms. The van der Waals surface area contributed by atoms with Gasteiger partial charge in [-0.2, -0.15) is 5.26 Å². The van der Waals surface area contributed by atoms with Gasteiger partial charge in [-0.25, -0.2) is 0 Å². The fraction of sp³-hybridized carbons (Fsp3) is 0.300. The van der Waals surface area contributed by atoms with Gasteiger partial charge in [-0.15, -0.1) is 0 Å². The highest BCUT2D eigenvalue weighted by atomic mass is 16.5. The van der Waals surface area contributed by atoms with Gasteiger partial charge in [0.2, 0.25) is 0 Å². The summed E-state index contributed by atoms with van der Waals surface area (Å²) in [5, 5.41) is 8.88. The first-order valence-electron chi connectivity index (χ1n) is 7.88. The smallest absolute Gasteiger partial charge is 0.313 e. The number of hydrogen-bond donors (Lipinski definition) is 0. The van der Waals surface area contributed by atoms with Gasteiger partial charge in [0, 0.05) is 0 Å². The lowest BCUT2D eigenvalue weighted by Gasteiger charge is -2.12. The zero-order chi connectivity index (χ0) is 16.7. The molecule has 0 radical (unpaired) electrons. The molecule has 0 spiro atoms. The first-order chi connectivity index (χ1) is 11.1. The monoisotopic (exact) mass is 307 g/mol. The van der Waals surface area contributed by atoms with Crippen LogP contribution < -0.4 is 0 Å². The summed E-state index contributed by atoms with van der Waals surface area (Å²) < 4.78 is 5.37. The minimum Gasteiger partial charge on any atom is -0.460 e. The van der Waals surface area contributed by atoms with Crippen LogP contribution in [-0.2, 0) is 22.6 Å². The van der Waals surface area contributed by atoms with Crippen molar-refractivity contribution in [2.24, 2.45) is 0 Å². The molecule has 2 aromatic carbocycles. The van der Waals surface area contributed by atoms with Gasteiger partial charge >= 0.3 is 5.97 Å². The molecule has 2 rings (SSSR count). The number of carbonyl (C=O) groups excluding carboxylic acids is 1. The summed E-state index contributed by atoms with van der Waals surface area (Å²) in [5.41, 5.74) is 3.63. The fourth-order valence-electron chi connectivity index (χ4n) is 2.41. The predicted molar refractivity (Wildman–Crippen MR) is 89.8 cm³/mol. The van der Waals surface area contributed by atoms with E-state index in [9.17, 15) is 4.79 Å². The largest absolute Gasteiger partial charge is 0.460 e. The van der Waals surface area contributed by atoms with Gasteiger partial charge < -0.3 is 4.74 Å². The topological polar surface area (TPSA) is 50.1 Å². The van der Waals surface area contributed by atoms with E-state index in [4.69, 9.17) is 10.00 Å². The van der Waals surface area contributed by atoms with Crippen LogP contribution in [-0.4, -0.2) is 5.97 Å². The van der Waals surface area contributed by atoms with Gasteiger partial charge in [0.1, 0.15) is 6.61 Å². The number of aryl methyl sites for hydroxylation is 1. The third-order valence-electron chi connectivity index (χ3n) is 3.81. The van der Waals surface area contributed by atoms with E-state index in [1.54, 1.807) is 18.2 Å². The Kier molecular flexibility index (Phi) is 5.94. The highest BCUT2D eigenvalue weighted by molar-refractivity contribution is 5.77. The van der Waals surface area contributed by atoms with Crippen molar-refractivity contribution in [2.45, 2.75) is 39.2 Å². The standard InChI is InChI=1S/C20H21NO2/c1-3-5-16-8-10-19(11-9-16)15(2)20(22)23-14-18-7-4-6-17(12-18)13-21/h4,6-12,15H,3,5,14H2,1-2H3. The van der Waals surface area contributed by atoms with E-state index in [1.807, 2.05) is 25.1 Å². The number of benzene rings is 2. The zero-order valence-corrected chi connectivity index (χ0v) is 13.6. The van der Waals surface area contributed by atoms with Crippen LogP contribution in [0.2, 0.25) is 0 Å². The predicted octanol–water partition coefficient (Wildman–Crippen LogP) is 4.36. The Morgan fingerprint density at radius 1 is 1.17 bits per heavy atom. The molecule has 0 aromatic heterocycles. The zero-order valence-electron chi connectivity index (χ0n) is 13.6. The van der Waals surface area contributed by atoms with Crippen LogP contribution in [0.15, 0.2) is 48.5 Å². The first kappa shape index (κ1) is 16.8. The second-order valence-corrected chi connectivity index (χ2v) is 5.63. The molecule has 0 bridgehead atoms. The van der Waals surface area contributed by atoms with Gasteiger partial charge in [0.05, 0.1) is 17.6 Å². The molecular formula is C20H21NO2. The fourth-order valence-corrected chi connectivity index (χ4v) is 2.41. The van der Waals surface area contributed by atoms with E-state index < -0.39 is 0 Å². The second kappa shape index (κ2) is 8.14. The summed E-state index contributed by atoms with van der Waals surface area (Å²) in [5.74, 6) is -0.555. The minimum absolute atomic E-state index is 0.187. The van der Waals surface area contributed by atoms with Gasteiger partial charge in [-0.05, 0) is 42.2 Å².